The number of amides is 2. The maximum absolute atomic E-state index is 12.5. The summed E-state index contributed by atoms with van der Waals surface area (Å²) in [7, 11) is 0. The smallest absolute Gasteiger partial charge is 0.306 e. The SMILES string of the molecule is CC(c1ccccc1)N1CC(C(=O)N[C@H]2CC[C@@H](C(=O)O)C2)CC1=O. The molecule has 134 valence electrons. The first kappa shape index (κ1) is 17.5. The Kier molecular flexibility index (Phi) is 5.06. The van der Waals surface area contributed by atoms with Gasteiger partial charge in [-0.05, 0) is 31.7 Å². The lowest BCUT2D eigenvalue weighted by molar-refractivity contribution is -0.141. The van der Waals surface area contributed by atoms with Crippen molar-refractivity contribution in [1.82, 2.24) is 10.2 Å². The zero-order valence-electron chi connectivity index (χ0n) is 14.4. The van der Waals surface area contributed by atoms with E-state index in [-0.39, 0.29) is 42.2 Å². The highest BCUT2D eigenvalue weighted by molar-refractivity contribution is 5.89. The van der Waals surface area contributed by atoms with Gasteiger partial charge in [0, 0.05) is 19.0 Å². The van der Waals surface area contributed by atoms with E-state index in [0.29, 0.717) is 25.8 Å². The van der Waals surface area contributed by atoms with Gasteiger partial charge in [-0.1, -0.05) is 30.3 Å². The van der Waals surface area contributed by atoms with Gasteiger partial charge in [-0.2, -0.15) is 0 Å². The summed E-state index contributed by atoms with van der Waals surface area (Å²) in [5, 5.41) is 12.0. The lowest BCUT2D eigenvalue weighted by atomic mass is 10.1. The summed E-state index contributed by atoms with van der Waals surface area (Å²) in [6.45, 7) is 2.39. The van der Waals surface area contributed by atoms with E-state index in [9.17, 15) is 14.4 Å². The van der Waals surface area contributed by atoms with Crippen LogP contribution in [0.2, 0.25) is 0 Å². The van der Waals surface area contributed by atoms with E-state index in [0.717, 1.165) is 5.56 Å². The van der Waals surface area contributed by atoms with Crippen molar-refractivity contribution in [1.29, 1.82) is 0 Å². The molecule has 0 spiro atoms. The van der Waals surface area contributed by atoms with E-state index in [2.05, 4.69) is 5.32 Å². The fourth-order valence-electron chi connectivity index (χ4n) is 3.85. The standard InChI is InChI=1S/C19H24N2O4/c1-12(13-5-3-2-4-6-13)21-11-15(10-17(21)22)18(23)20-16-8-7-14(9-16)19(24)25/h2-6,12,14-16H,7-11H2,1H3,(H,20,23)(H,24,25)/t12?,14-,15?,16+/m1/s1. The number of hydrogen-bond acceptors (Lipinski definition) is 3. The molecule has 3 rings (SSSR count). The summed E-state index contributed by atoms with van der Waals surface area (Å²) < 4.78 is 0. The van der Waals surface area contributed by atoms with Crippen LogP contribution in [-0.4, -0.2) is 40.4 Å². The molecule has 0 bridgehead atoms. The second-order valence-electron chi connectivity index (χ2n) is 7.09. The number of benzene rings is 1. The summed E-state index contributed by atoms with van der Waals surface area (Å²) >= 11 is 0. The normalized spacial score (nSPS) is 27.3. The Morgan fingerprint density at radius 1 is 1.20 bits per heavy atom. The van der Waals surface area contributed by atoms with E-state index in [1.54, 1.807) is 4.90 Å². The minimum absolute atomic E-state index is 0.00802. The molecule has 1 aromatic carbocycles. The predicted molar refractivity (Wildman–Crippen MR) is 91.6 cm³/mol. The Labute approximate surface area is 147 Å². The van der Waals surface area contributed by atoms with Gasteiger partial charge >= 0.3 is 5.97 Å². The van der Waals surface area contributed by atoms with Crippen LogP contribution < -0.4 is 5.32 Å². The van der Waals surface area contributed by atoms with Gasteiger partial charge in [-0.3, -0.25) is 14.4 Å². The van der Waals surface area contributed by atoms with Crippen LogP contribution in [0.25, 0.3) is 0 Å². The van der Waals surface area contributed by atoms with Crippen LogP contribution in [0.4, 0.5) is 0 Å². The van der Waals surface area contributed by atoms with E-state index < -0.39 is 5.97 Å². The number of carbonyl (C=O) groups is 3. The van der Waals surface area contributed by atoms with E-state index in [4.69, 9.17) is 5.11 Å². The lowest BCUT2D eigenvalue weighted by Crippen LogP contribution is -2.39. The second kappa shape index (κ2) is 7.25. The van der Waals surface area contributed by atoms with Crippen molar-refractivity contribution in [2.45, 2.75) is 44.7 Å². The number of nitrogens with zero attached hydrogens (tertiary/aromatic N) is 1. The number of hydrogen-bond donors (Lipinski definition) is 2. The number of aliphatic carboxylic acids is 1. The van der Waals surface area contributed by atoms with Gasteiger partial charge in [0.05, 0.1) is 17.9 Å². The molecule has 2 N–H and O–H groups in total. The molecule has 0 radical (unpaired) electrons. The predicted octanol–water partition coefficient (Wildman–Crippen LogP) is 1.97. The Bertz CT molecular complexity index is 661. The molecule has 6 nitrogen and oxygen atoms in total. The third kappa shape index (κ3) is 3.83. The molecule has 1 aliphatic carbocycles. The van der Waals surface area contributed by atoms with Gasteiger partial charge in [0.2, 0.25) is 11.8 Å². The largest absolute Gasteiger partial charge is 0.481 e. The van der Waals surface area contributed by atoms with Crippen molar-refractivity contribution >= 4 is 17.8 Å². The fourth-order valence-corrected chi connectivity index (χ4v) is 3.85. The number of nitrogens with one attached hydrogen (secondary N) is 1. The maximum atomic E-state index is 12.5. The molecular formula is C19H24N2O4. The summed E-state index contributed by atoms with van der Waals surface area (Å²) in [5.74, 6) is -1.67. The van der Waals surface area contributed by atoms with Gasteiger partial charge in [-0.25, -0.2) is 0 Å². The molecule has 1 aliphatic heterocycles. The molecule has 2 unspecified atom stereocenters. The van der Waals surface area contributed by atoms with Crippen molar-refractivity contribution in [3.63, 3.8) is 0 Å². The van der Waals surface area contributed by atoms with Gasteiger partial charge in [0.25, 0.3) is 0 Å². The number of carbonyl (C=O) groups excluding carboxylic acids is 2. The highest BCUT2D eigenvalue weighted by Gasteiger charge is 2.38. The molecule has 0 aromatic heterocycles. The molecule has 25 heavy (non-hydrogen) atoms. The van der Waals surface area contributed by atoms with E-state index >= 15 is 0 Å². The molecule has 1 aromatic rings. The molecule has 6 heteroatoms. The zero-order chi connectivity index (χ0) is 18.0. The van der Waals surface area contributed by atoms with Crippen LogP contribution in [0.15, 0.2) is 30.3 Å². The van der Waals surface area contributed by atoms with Gasteiger partial charge in [0.15, 0.2) is 0 Å². The summed E-state index contributed by atoms with van der Waals surface area (Å²) in [6.07, 6.45) is 1.98. The van der Waals surface area contributed by atoms with Crippen LogP contribution in [0, 0.1) is 11.8 Å². The van der Waals surface area contributed by atoms with Crippen molar-refractivity contribution in [3.8, 4) is 0 Å². The van der Waals surface area contributed by atoms with Crippen LogP contribution in [0.3, 0.4) is 0 Å². The lowest BCUT2D eigenvalue weighted by Gasteiger charge is -2.25. The minimum Gasteiger partial charge on any atom is -0.481 e. The second-order valence-corrected chi connectivity index (χ2v) is 7.09. The van der Waals surface area contributed by atoms with Gasteiger partial charge < -0.3 is 15.3 Å². The summed E-state index contributed by atoms with van der Waals surface area (Å²) in [6, 6.07) is 9.62. The van der Waals surface area contributed by atoms with Gasteiger partial charge in [-0.15, -0.1) is 0 Å². The van der Waals surface area contributed by atoms with E-state index in [1.165, 1.54) is 0 Å². The molecule has 1 heterocycles. The van der Waals surface area contributed by atoms with Crippen molar-refractivity contribution in [2.24, 2.45) is 11.8 Å². The average molecular weight is 344 g/mol. The molecule has 2 amide bonds. The summed E-state index contributed by atoms with van der Waals surface area (Å²) in [4.78, 5) is 37.6. The third-order valence-electron chi connectivity index (χ3n) is 5.41. The molecule has 4 atom stereocenters. The van der Waals surface area contributed by atoms with Crippen molar-refractivity contribution in [2.75, 3.05) is 6.54 Å². The van der Waals surface area contributed by atoms with Crippen molar-refractivity contribution in [3.05, 3.63) is 35.9 Å². The van der Waals surface area contributed by atoms with Crippen molar-refractivity contribution < 1.29 is 19.5 Å². The first-order valence-electron chi connectivity index (χ1n) is 8.83. The zero-order valence-corrected chi connectivity index (χ0v) is 14.4. The van der Waals surface area contributed by atoms with Crippen LogP contribution >= 0.6 is 0 Å². The number of carboxylic acid groups (broad SMARTS) is 1. The molecular weight excluding hydrogens is 320 g/mol. The van der Waals surface area contributed by atoms with Crippen LogP contribution in [0.5, 0.6) is 0 Å². The quantitative estimate of drug-likeness (QED) is 0.855. The molecule has 2 fully saturated rings. The third-order valence-corrected chi connectivity index (χ3v) is 5.41. The Morgan fingerprint density at radius 3 is 2.56 bits per heavy atom. The monoisotopic (exact) mass is 344 g/mol. The highest BCUT2D eigenvalue weighted by atomic mass is 16.4. The molecule has 1 saturated heterocycles. The number of carboxylic acids is 1. The summed E-state index contributed by atoms with van der Waals surface area (Å²) in [5.41, 5.74) is 1.05. The van der Waals surface area contributed by atoms with Gasteiger partial charge in [0.1, 0.15) is 0 Å². The maximum Gasteiger partial charge on any atom is 0.306 e. The van der Waals surface area contributed by atoms with Crippen LogP contribution in [-0.2, 0) is 14.4 Å². The van der Waals surface area contributed by atoms with E-state index in [1.807, 2.05) is 37.3 Å². The van der Waals surface area contributed by atoms with Crippen LogP contribution in [0.1, 0.15) is 44.2 Å². The Hall–Kier alpha value is -2.37. The number of likely N-dealkylation sites (tertiary alicyclic amines) is 1. The highest BCUT2D eigenvalue weighted by Crippen LogP contribution is 2.30. The fraction of sp³-hybridized carbons (Fsp3) is 0.526. The molecule has 1 saturated carbocycles. The average Bonchev–Trinajstić information content (AvgIpc) is 3.22. The number of rotatable bonds is 5. The Morgan fingerprint density at radius 2 is 1.92 bits per heavy atom. The minimum atomic E-state index is -0.796. The topological polar surface area (TPSA) is 86.7 Å². The molecule has 2 aliphatic rings. The first-order valence-corrected chi connectivity index (χ1v) is 8.83. The first-order chi connectivity index (χ1) is 12.0. The Balaban J connectivity index is 1.57.